The van der Waals surface area contributed by atoms with Gasteiger partial charge < -0.3 is 9.80 Å². The lowest BCUT2D eigenvalue weighted by Gasteiger charge is -2.47. The van der Waals surface area contributed by atoms with Crippen LogP contribution in [0, 0.1) is 11.7 Å². The van der Waals surface area contributed by atoms with Crippen molar-refractivity contribution in [2.24, 2.45) is 5.92 Å². The van der Waals surface area contributed by atoms with Gasteiger partial charge >= 0.3 is 0 Å². The van der Waals surface area contributed by atoms with Gasteiger partial charge in [-0.2, -0.15) is 0 Å². The molecular weight excluding hydrogens is 319 g/mol. The topological polar surface area (TPSA) is 40.6 Å². The summed E-state index contributed by atoms with van der Waals surface area (Å²) in [7, 11) is 0. The third kappa shape index (κ3) is 4.20. The maximum absolute atomic E-state index is 12.9. The molecule has 0 bridgehead atoms. The summed E-state index contributed by atoms with van der Waals surface area (Å²) in [6, 6.07) is 6.66. The molecule has 3 rings (SSSR count). The fourth-order valence-electron chi connectivity index (χ4n) is 4.17. The first-order chi connectivity index (χ1) is 12.1. The van der Waals surface area contributed by atoms with Gasteiger partial charge in [-0.05, 0) is 49.3 Å². The summed E-state index contributed by atoms with van der Waals surface area (Å²) < 4.78 is 12.9. The minimum Gasteiger partial charge on any atom is -0.342 e. The van der Waals surface area contributed by atoms with Crippen molar-refractivity contribution < 1.29 is 14.0 Å². The van der Waals surface area contributed by atoms with Crippen molar-refractivity contribution in [3.05, 3.63) is 35.6 Å². The predicted octanol–water partition coefficient (Wildman–Crippen LogP) is 3.01. The number of fused-ring (bicyclic) bond motifs is 1. The molecule has 2 aliphatic rings. The maximum atomic E-state index is 12.9. The second-order valence-corrected chi connectivity index (χ2v) is 7.21. The number of halogens is 1. The van der Waals surface area contributed by atoms with E-state index in [1.54, 1.807) is 12.1 Å². The Balaban J connectivity index is 1.54. The molecule has 0 aliphatic carbocycles. The van der Waals surface area contributed by atoms with Gasteiger partial charge in [-0.25, -0.2) is 4.39 Å². The first kappa shape index (κ1) is 17.9. The molecule has 25 heavy (non-hydrogen) atoms. The average molecular weight is 346 g/mol. The molecule has 0 radical (unpaired) electrons. The monoisotopic (exact) mass is 346 g/mol. The number of hydrogen-bond acceptors (Lipinski definition) is 2. The van der Waals surface area contributed by atoms with E-state index in [1.165, 1.54) is 12.1 Å². The van der Waals surface area contributed by atoms with Crippen LogP contribution in [0.4, 0.5) is 4.39 Å². The largest absolute Gasteiger partial charge is 0.342 e. The normalized spacial score (nSPS) is 23.5. The molecule has 0 N–H and O–H groups in total. The number of amides is 2. The minimum atomic E-state index is -0.249. The first-order valence-electron chi connectivity index (χ1n) is 9.40. The number of carbonyl (C=O) groups excluding carboxylic acids is 2. The Hall–Kier alpha value is -1.91. The molecule has 0 spiro atoms. The molecule has 2 saturated heterocycles. The summed E-state index contributed by atoms with van der Waals surface area (Å²) in [5.74, 6) is 0.606. The van der Waals surface area contributed by atoms with Crippen LogP contribution in [-0.2, 0) is 16.0 Å². The lowest BCUT2D eigenvalue weighted by molar-refractivity contribution is -0.144. The summed E-state index contributed by atoms with van der Waals surface area (Å²) in [5.41, 5.74) is 0.988. The maximum Gasteiger partial charge on any atom is 0.222 e. The first-order valence-corrected chi connectivity index (χ1v) is 9.40. The molecule has 2 heterocycles. The Morgan fingerprint density at radius 1 is 1.24 bits per heavy atom. The lowest BCUT2D eigenvalue weighted by atomic mass is 9.83. The van der Waals surface area contributed by atoms with E-state index in [4.69, 9.17) is 0 Å². The zero-order valence-corrected chi connectivity index (χ0v) is 14.9. The van der Waals surface area contributed by atoms with Gasteiger partial charge in [0, 0.05) is 38.5 Å². The Morgan fingerprint density at radius 2 is 2.00 bits per heavy atom. The van der Waals surface area contributed by atoms with Gasteiger partial charge in [-0.15, -0.1) is 0 Å². The van der Waals surface area contributed by atoms with Crippen molar-refractivity contribution in [1.29, 1.82) is 0 Å². The van der Waals surface area contributed by atoms with Crippen LogP contribution in [0.3, 0.4) is 0 Å². The van der Waals surface area contributed by atoms with Crippen LogP contribution < -0.4 is 0 Å². The number of likely N-dealkylation sites (tertiary alicyclic amines) is 2. The van der Waals surface area contributed by atoms with Crippen LogP contribution >= 0.6 is 0 Å². The smallest absolute Gasteiger partial charge is 0.222 e. The molecule has 2 amide bonds. The summed E-state index contributed by atoms with van der Waals surface area (Å²) in [4.78, 5) is 28.7. The lowest BCUT2D eigenvalue weighted by Crippen LogP contribution is -2.57. The number of nitrogens with zero attached hydrogens (tertiary/aromatic N) is 2. The van der Waals surface area contributed by atoms with Gasteiger partial charge in [0.2, 0.25) is 11.8 Å². The number of benzene rings is 1. The molecule has 0 saturated carbocycles. The summed E-state index contributed by atoms with van der Waals surface area (Å²) in [6.07, 6.45) is 4.48. The average Bonchev–Trinajstić information content (AvgIpc) is 2.63. The Bertz CT molecular complexity index is 617. The summed E-state index contributed by atoms with van der Waals surface area (Å²) >= 11 is 0. The van der Waals surface area contributed by atoms with Crippen molar-refractivity contribution in [3.8, 4) is 0 Å². The summed E-state index contributed by atoms with van der Waals surface area (Å²) in [6.45, 7) is 4.43. The molecule has 4 nitrogen and oxygen atoms in total. The number of hydrogen-bond donors (Lipinski definition) is 0. The predicted molar refractivity (Wildman–Crippen MR) is 94.4 cm³/mol. The minimum absolute atomic E-state index is 0.168. The number of piperidine rings is 2. The van der Waals surface area contributed by atoms with E-state index in [0.29, 0.717) is 31.2 Å². The Labute approximate surface area is 149 Å². The highest BCUT2D eigenvalue weighted by Crippen LogP contribution is 2.31. The molecule has 0 unspecified atom stereocenters. The fraction of sp³-hybridized carbons (Fsp3) is 0.600. The molecule has 5 heteroatoms. The highest BCUT2D eigenvalue weighted by Gasteiger charge is 2.39. The van der Waals surface area contributed by atoms with Crippen LogP contribution in [0.2, 0.25) is 0 Å². The second kappa shape index (κ2) is 7.98. The van der Waals surface area contributed by atoms with E-state index >= 15 is 0 Å². The molecule has 0 aromatic heterocycles. The zero-order chi connectivity index (χ0) is 17.8. The van der Waals surface area contributed by atoms with Crippen molar-refractivity contribution >= 4 is 11.8 Å². The highest BCUT2D eigenvalue weighted by atomic mass is 19.1. The van der Waals surface area contributed by atoms with Crippen molar-refractivity contribution in [2.75, 3.05) is 19.6 Å². The molecule has 1 aromatic carbocycles. The van der Waals surface area contributed by atoms with Crippen LogP contribution in [0.15, 0.2) is 24.3 Å². The van der Waals surface area contributed by atoms with E-state index in [1.807, 2.05) is 4.90 Å². The molecule has 2 fully saturated rings. The van der Waals surface area contributed by atoms with Gasteiger partial charge in [-0.3, -0.25) is 9.59 Å². The van der Waals surface area contributed by atoms with Gasteiger partial charge in [0.25, 0.3) is 0 Å². The van der Waals surface area contributed by atoms with Crippen LogP contribution in [-0.4, -0.2) is 47.3 Å². The second-order valence-electron chi connectivity index (χ2n) is 7.21. The molecular formula is C20H27FN2O2. The molecule has 2 aliphatic heterocycles. The Kier molecular flexibility index (Phi) is 5.71. The van der Waals surface area contributed by atoms with Crippen LogP contribution in [0.1, 0.15) is 44.6 Å². The van der Waals surface area contributed by atoms with E-state index in [9.17, 15) is 14.0 Å². The fourth-order valence-corrected chi connectivity index (χ4v) is 4.17. The molecule has 1 aromatic rings. The van der Waals surface area contributed by atoms with Gasteiger partial charge in [0.1, 0.15) is 5.82 Å². The van der Waals surface area contributed by atoms with Gasteiger partial charge in [0.05, 0.1) is 0 Å². The third-order valence-corrected chi connectivity index (χ3v) is 5.50. The zero-order valence-electron chi connectivity index (χ0n) is 14.9. The number of rotatable bonds is 5. The number of carbonyl (C=O) groups is 2. The number of aryl methyl sites for hydroxylation is 1. The van der Waals surface area contributed by atoms with E-state index in [2.05, 4.69) is 11.8 Å². The van der Waals surface area contributed by atoms with Crippen molar-refractivity contribution in [2.45, 2.75) is 51.5 Å². The van der Waals surface area contributed by atoms with E-state index < -0.39 is 0 Å². The van der Waals surface area contributed by atoms with Crippen LogP contribution in [0.5, 0.6) is 0 Å². The van der Waals surface area contributed by atoms with Crippen LogP contribution in [0.25, 0.3) is 0 Å². The standard InChI is InChI=1S/C20H27FN2O2/c1-2-12-23-18-11-13-22(14-16(18)6-10-20(23)25)19(24)9-5-15-3-7-17(21)8-4-15/h3-4,7-8,16,18H,2,5-6,9-14H2,1H3/t16-,18+/m0/s1. The van der Waals surface area contributed by atoms with Gasteiger partial charge in [-0.1, -0.05) is 19.1 Å². The quantitative estimate of drug-likeness (QED) is 0.822. The van der Waals surface area contributed by atoms with Crippen molar-refractivity contribution in [1.82, 2.24) is 9.80 Å². The summed E-state index contributed by atoms with van der Waals surface area (Å²) in [5, 5.41) is 0. The van der Waals surface area contributed by atoms with Crippen molar-refractivity contribution in [3.63, 3.8) is 0 Å². The van der Waals surface area contributed by atoms with E-state index in [0.717, 1.165) is 44.5 Å². The third-order valence-electron chi connectivity index (χ3n) is 5.50. The SMILES string of the molecule is CCCN1C(=O)CC[C@H]2CN(C(=O)CCc3ccc(F)cc3)CC[C@H]21. The van der Waals surface area contributed by atoms with Gasteiger partial charge in [0.15, 0.2) is 0 Å². The highest BCUT2D eigenvalue weighted by molar-refractivity contribution is 5.78. The molecule has 136 valence electrons. The van der Waals surface area contributed by atoms with E-state index in [-0.39, 0.29) is 17.6 Å². The Morgan fingerprint density at radius 3 is 2.72 bits per heavy atom. The molecule has 2 atom stereocenters.